The number of hydrogen-bond donors (Lipinski definition) is 1. The molecular formula is C15H26N2S. The molecule has 0 radical (unpaired) electrons. The van der Waals surface area contributed by atoms with Gasteiger partial charge in [-0.3, -0.25) is 0 Å². The molecule has 0 spiro atoms. The molecule has 2 nitrogen and oxygen atoms in total. The molecule has 0 saturated heterocycles. The van der Waals surface area contributed by atoms with Crippen LogP contribution >= 0.6 is 11.3 Å². The Morgan fingerprint density at radius 2 is 1.94 bits per heavy atom. The van der Waals surface area contributed by atoms with E-state index in [0.717, 1.165) is 18.4 Å². The molecule has 1 saturated carbocycles. The Balaban J connectivity index is 1.81. The molecule has 1 aromatic heterocycles. The van der Waals surface area contributed by atoms with Crippen LogP contribution in [-0.4, -0.2) is 11.5 Å². The van der Waals surface area contributed by atoms with Gasteiger partial charge in [-0.2, -0.15) is 0 Å². The Morgan fingerprint density at radius 3 is 2.50 bits per heavy atom. The minimum Gasteiger partial charge on any atom is -0.309 e. The van der Waals surface area contributed by atoms with Crippen molar-refractivity contribution in [2.45, 2.75) is 59.4 Å². The van der Waals surface area contributed by atoms with E-state index in [1.807, 2.05) is 11.3 Å². The first-order valence-corrected chi connectivity index (χ1v) is 8.05. The predicted octanol–water partition coefficient (Wildman–Crippen LogP) is 4.24. The van der Waals surface area contributed by atoms with Crippen molar-refractivity contribution in [1.82, 2.24) is 10.3 Å². The summed E-state index contributed by atoms with van der Waals surface area (Å²) in [7, 11) is 0. The summed E-state index contributed by atoms with van der Waals surface area (Å²) in [5, 5.41) is 4.86. The van der Waals surface area contributed by atoms with E-state index in [0.29, 0.717) is 6.04 Å². The van der Waals surface area contributed by atoms with Crippen LogP contribution in [0.5, 0.6) is 0 Å². The molecule has 0 bridgehead atoms. The van der Waals surface area contributed by atoms with Crippen LogP contribution in [-0.2, 0) is 0 Å². The first kappa shape index (κ1) is 14.0. The fourth-order valence-electron chi connectivity index (χ4n) is 2.92. The summed E-state index contributed by atoms with van der Waals surface area (Å²) >= 11 is 1.81. The number of nitrogens with one attached hydrogen (secondary N) is 1. The van der Waals surface area contributed by atoms with Gasteiger partial charge in [-0.05, 0) is 52.0 Å². The topological polar surface area (TPSA) is 24.9 Å². The summed E-state index contributed by atoms with van der Waals surface area (Å²) in [6.07, 6.45) is 5.62. The third kappa shape index (κ3) is 3.55. The van der Waals surface area contributed by atoms with Crippen molar-refractivity contribution >= 4 is 11.3 Å². The highest BCUT2D eigenvalue weighted by atomic mass is 32.1. The molecule has 3 heteroatoms. The zero-order valence-electron chi connectivity index (χ0n) is 12.1. The molecule has 1 aliphatic rings. The highest BCUT2D eigenvalue weighted by Gasteiger charge is 2.19. The van der Waals surface area contributed by atoms with Gasteiger partial charge in [-0.1, -0.05) is 19.8 Å². The third-order valence-corrected chi connectivity index (χ3v) is 5.10. The van der Waals surface area contributed by atoms with E-state index in [9.17, 15) is 0 Å². The smallest absolute Gasteiger partial charge is 0.0900 e. The van der Waals surface area contributed by atoms with Crippen molar-refractivity contribution in [3.8, 4) is 0 Å². The van der Waals surface area contributed by atoms with Gasteiger partial charge in [0.2, 0.25) is 0 Å². The van der Waals surface area contributed by atoms with E-state index in [-0.39, 0.29) is 0 Å². The maximum Gasteiger partial charge on any atom is 0.0900 e. The van der Waals surface area contributed by atoms with Crippen LogP contribution in [0.15, 0.2) is 0 Å². The minimum absolute atomic E-state index is 0.397. The Bertz CT molecular complexity index is 378. The summed E-state index contributed by atoms with van der Waals surface area (Å²) in [6, 6.07) is 0.397. The predicted molar refractivity (Wildman–Crippen MR) is 79.1 cm³/mol. The fourth-order valence-corrected chi connectivity index (χ4v) is 3.83. The van der Waals surface area contributed by atoms with Crippen LogP contribution in [0.2, 0.25) is 0 Å². The molecule has 1 N–H and O–H groups in total. The molecule has 0 aromatic carbocycles. The van der Waals surface area contributed by atoms with Gasteiger partial charge in [0, 0.05) is 10.9 Å². The fraction of sp³-hybridized carbons (Fsp3) is 0.800. The van der Waals surface area contributed by atoms with Crippen molar-refractivity contribution < 1.29 is 0 Å². The lowest BCUT2D eigenvalue weighted by atomic mass is 9.83. The highest BCUT2D eigenvalue weighted by molar-refractivity contribution is 7.11. The SMILES string of the molecule is Cc1nc(C(C)NCC2CCC(C)CC2)c(C)s1. The summed E-state index contributed by atoms with van der Waals surface area (Å²) in [5.41, 5.74) is 1.25. The van der Waals surface area contributed by atoms with E-state index in [1.54, 1.807) is 0 Å². The van der Waals surface area contributed by atoms with Gasteiger partial charge in [0.25, 0.3) is 0 Å². The monoisotopic (exact) mass is 266 g/mol. The lowest BCUT2D eigenvalue weighted by molar-refractivity contribution is 0.275. The first-order chi connectivity index (χ1) is 8.56. The zero-order valence-corrected chi connectivity index (χ0v) is 12.9. The van der Waals surface area contributed by atoms with Gasteiger partial charge in [0.15, 0.2) is 0 Å². The summed E-state index contributed by atoms with van der Waals surface area (Å²) < 4.78 is 0. The van der Waals surface area contributed by atoms with Crippen LogP contribution in [0.3, 0.4) is 0 Å². The maximum absolute atomic E-state index is 4.64. The molecule has 1 aliphatic carbocycles. The van der Waals surface area contributed by atoms with Gasteiger partial charge in [0.05, 0.1) is 10.7 Å². The van der Waals surface area contributed by atoms with Crippen LogP contribution in [0, 0.1) is 25.7 Å². The lowest BCUT2D eigenvalue weighted by Crippen LogP contribution is -2.28. The first-order valence-electron chi connectivity index (χ1n) is 7.23. The average Bonchev–Trinajstić information content (AvgIpc) is 2.67. The number of aryl methyl sites for hydroxylation is 2. The Labute approximate surface area is 115 Å². The molecule has 0 amide bonds. The molecule has 1 fully saturated rings. The van der Waals surface area contributed by atoms with Gasteiger partial charge in [0.1, 0.15) is 0 Å². The Hall–Kier alpha value is -0.410. The van der Waals surface area contributed by atoms with Crippen molar-refractivity contribution in [1.29, 1.82) is 0 Å². The van der Waals surface area contributed by atoms with Crippen LogP contribution in [0.25, 0.3) is 0 Å². The molecule has 102 valence electrons. The molecule has 1 aromatic rings. The normalized spacial score (nSPS) is 26.2. The lowest BCUT2D eigenvalue weighted by Gasteiger charge is -2.27. The zero-order chi connectivity index (χ0) is 13.1. The summed E-state index contributed by atoms with van der Waals surface area (Å²) in [5.74, 6) is 1.82. The Kier molecular flexibility index (Phi) is 4.79. The number of nitrogens with zero attached hydrogens (tertiary/aromatic N) is 1. The van der Waals surface area contributed by atoms with Crippen LogP contribution < -0.4 is 5.32 Å². The summed E-state index contributed by atoms with van der Waals surface area (Å²) in [4.78, 5) is 6.01. The van der Waals surface area contributed by atoms with E-state index in [2.05, 4.69) is 38.0 Å². The third-order valence-electron chi connectivity index (χ3n) is 4.20. The Morgan fingerprint density at radius 1 is 1.28 bits per heavy atom. The molecule has 2 rings (SSSR count). The van der Waals surface area contributed by atoms with E-state index >= 15 is 0 Å². The number of rotatable bonds is 4. The molecular weight excluding hydrogens is 240 g/mol. The van der Waals surface area contributed by atoms with E-state index < -0.39 is 0 Å². The van der Waals surface area contributed by atoms with Crippen molar-refractivity contribution in [2.75, 3.05) is 6.54 Å². The van der Waals surface area contributed by atoms with Gasteiger partial charge in [-0.25, -0.2) is 4.98 Å². The van der Waals surface area contributed by atoms with Crippen molar-refractivity contribution in [3.05, 3.63) is 15.6 Å². The molecule has 1 unspecified atom stereocenters. The molecule has 1 atom stereocenters. The number of hydrogen-bond acceptors (Lipinski definition) is 3. The van der Waals surface area contributed by atoms with E-state index in [1.165, 1.54) is 41.3 Å². The average molecular weight is 266 g/mol. The second-order valence-electron chi connectivity index (χ2n) is 5.93. The number of aromatic nitrogens is 1. The van der Waals surface area contributed by atoms with Gasteiger partial charge in [-0.15, -0.1) is 11.3 Å². The van der Waals surface area contributed by atoms with Gasteiger partial charge < -0.3 is 5.32 Å². The summed E-state index contributed by atoms with van der Waals surface area (Å²) in [6.45, 7) is 10.1. The second kappa shape index (κ2) is 6.16. The molecule has 18 heavy (non-hydrogen) atoms. The largest absolute Gasteiger partial charge is 0.309 e. The van der Waals surface area contributed by atoms with Crippen LogP contribution in [0.4, 0.5) is 0 Å². The molecule has 1 heterocycles. The van der Waals surface area contributed by atoms with E-state index in [4.69, 9.17) is 0 Å². The highest BCUT2D eigenvalue weighted by Crippen LogP contribution is 2.28. The van der Waals surface area contributed by atoms with Crippen molar-refractivity contribution in [3.63, 3.8) is 0 Å². The van der Waals surface area contributed by atoms with Crippen LogP contribution in [0.1, 0.15) is 61.2 Å². The number of thiazole rings is 1. The standard InChI is InChI=1S/C15H26N2S/c1-10-5-7-14(8-6-10)9-16-11(2)15-12(3)18-13(4)17-15/h10-11,14,16H,5-9H2,1-4H3. The van der Waals surface area contributed by atoms with Gasteiger partial charge >= 0.3 is 0 Å². The molecule has 0 aliphatic heterocycles. The van der Waals surface area contributed by atoms with Crippen molar-refractivity contribution in [2.24, 2.45) is 11.8 Å². The second-order valence-corrected chi connectivity index (χ2v) is 7.34. The maximum atomic E-state index is 4.64. The minimum atomic E-state index is 0.397. The quantitative estimate of drug-likeness (QED) is 0.882.